The molecule has 2 amide bonds. The number of benzene rings is 2. The lowest BCUT2D eigenvalue weighted by molar-refractivity contribution is -0.141. The molecule has 2 aromatic carbocycles. The SMILES string of the molecule is CC(C)(C)C(c1cc(-c2cc(F)ccc2F)cn1Cc1ccccc1)N(CC1CCNC1)C(=O)CSCC(NC(=O)CCOCCOCCOCCOCCN)C(=O)O. The molecule has 0 aliphatic carbocycles. The summed E-state index contributed by atoms with van der Waals surface area (Å²) in [6.07, 6.45) is 2.65. The lowest BCUT2D eigenvalue weighted by atomic mass is 9.82. The summed E-state index contributed by atoms with van der Waals surface area (Å²) in [5, 5.41) is 15.9. The van der Waals surface area contributed by atoms with E-state index in [-0.39, 0.29) is 48.5 Å². The summed E-state index contributed by atoms with van der Waals surface area (Å²) in [5.74, 6) is -2.89. The Labute approximate surface area is 350 Å². The van der Waals surface area contributed by atoms with E-state index in [2.05, 4.69) is 10.6 Å². The number of carboxylic acids is 1. The number of aromatic nitrogens is 1. The van der Waals surface area contributed by atoms with Crippen LogP contribution in [0.2, 0.25) is 0 Å². The van der Waals surface area contributed by atoms with E-state index >= 15 is 4.39 Å². The molecule has 3 unspecified atom stereocenters. The summed E-state index contributed by atoms with van der Waals surface area (Å²) >= 11 is 1.14. The van der Waals surface area contributed by atoms with Gasteiger partial charge in [0, 0.05) is 54.8 Å². The van der Waals surface area contributed by atoms with Crippen molar-refractivity contribution < 1.29 is 47.2 Å². The largest absolute Gasteiger partial charge is 0.480 e. The van der Waals surface area contributed by atoms with E-state index in [9.17, 15) is 23.9 Å². The zero-order chi connectivity index (χ0) is 42.6. The molecular weight excluding hydrogens is 785 g/mol. The number of amides is 2. The highest BCUT2D eigenvalue weighted by atomic mass is 32.2. The average molecular weight is 846 g/mol. The highest BCUT2D eigenvalue weighted by Crippen LogP contribution is 2.42. The molecule has 2 heterocycles. The van der Waals surface area contributed by atoms with Crippen LogP contribution >= 0.6 is 11.8 Å². The van der Waals surface area contributed by atoms with Gasteiger partial charge >= 0.3 is 5.97 Å². The van der Waals surface area contributed by atoms with Gasteiger partial charge in [-0.05, 0) is 60.7 Å². The first-order chi connectivity index (χ1) is 28.4. The Bertz CT molecular complexity index is 1740. The Morgan fingerprint density at radius 2 is 1.63 bits per heavy atom. The summed E-state index contributed by atoms with van der Waals surface area (Å²) in [7, 11) is 0. The molecule has 1 saturated heterocycles. The van der Waals surface area contributed by atoms with Crippen molar-refractivity contribution in [2.75, 3.05) is 90.5 Å². The van der Waals surface area contributed by atoms with E-state index in [0.717, 1.165) is 54.7 Å². The fraction of sp³-hybridized carbons (Fsp3) is 0.558. The van der Waals surface area contributed by atoms with E-state index in [1.165, 1.54) is 6.07 Å². The first-order valence-corrected chi connectivity index (χ1v) is 21.3. The maximum Gasteiger partial charge on any atom is 0.327 e. The van der Waals surface area contributed by atoms with Crippen LogP contribution in [0.25, 0.3) is 11.1 Å². The number of hydrogen-bond acceptors (Lipinski definition) is 10. The highest BCUT2D eigenvalue weighted by molar-refractivity contribution is 8.00. The predicted octanol–water partition coefficient (Wildman–Crippen LogP) is 4.72. The summed E-state index contributed by atoms with van der Waals surface area (Å²) in [5.41, 5.74) is 7.23. The molecule has 16 heteroatoms. The number of carbonyl (C=O) groups is 3. The first-order valence-electron chi connectivity index (χ1n) is 20.2. The van der Waals surface area contributed by atoms with Crippen LogP contribution in [-0.4, -0.2) is 129 Å². The van der Waals surface area contributed by atoms with Gasteiger partial charge in [0.15, 0.2) is 0 Å². The van der Waals surface area contributed by atoms with Crippen molar-refractivity contribution in [1.82, 2.24) is 20.1 Å². The van der Waals surface area contributed by atoms with Crippen LogP contribution in [0, 0.1) is 23.0 Å². The van der Waals surface area contributed by atoms with Gasteiger partial charge < -0.3 is 49.9 Å². The number of aliphatic carboxylic acids is 1. The third-order valence-electron chi connectivity index (χ3n) is 9.71. The number of nitrogens with zero attached hydrogens (tertiary/aromatic N) is 2. The summed E-state index contributed by atoms with van der Waals surface area (Å²) in [6.45, 7) is 11.9. The summed E-state index contributed by atoms with van der Waals surface area (Å²) in [4.78, 5) is 41.2. The fourth-order valence-electron chi connectivity index (χ4n) is 6.91. The number of nitrogens with two attached hydrogens (primary N) is 1. The van der Waals surface area contributed by atoms with Crippen LogP contribution in [0.3, 0.4) is 0 Å². The zero-order valence-electron chi connectivity index (χ0n) is 34.5. The second-order valence-electron chi connectivity index (χ2n) is 15.5. The normalized spacial score (nSPS) is 15.3. The maximum absolute atomic E-state index is 15.2. The van der Waals surface area contributed by atoms with Gasteiger partial charge in [0.05, 0.1) is 64.6 Å². The number of halogens is 2. The Hall–Kier alpha value is -3.90. The van der Waals surface area contributed by atoms with Gasteiger partial charge in [-0.2, -0.15) is 0 Å². The quantitative estimate of drug-likeness (QED) is 0.0785. The molecule has 13 nitrogen and oxygen atoms in total. The van der Waals surface area contributed by atoms with E-state index < -0.39 is 41.0 Å². The molecule has 0 radical (unpaired) electrons. The monoisotopic (exact) mass is 845 g/mol. The molecule has 326 valence electrons. The topological polar surface area (TPSA) is 167 Å². The molecule has 1 aliphatic rings. The zero-order valence-corrected chi connectivity index (χ0v) is 35.3. The van der Waals surface area contributed by atoms with E-state index in [0.29, 0.717) is 64.8 Å². The van der Waals surface area contributed by atoms with Gasteiger partial charge in [-0.3, -0.25) is 9.59 Å². The molecule has 0 spiro atoms. The Morgan fingerprint density at radius 1 is 0.966 bits per heavy atom. The molecule has 1 fully saturated rings. The molecule has 4 rings (SSSR count). The van der Waals surface area contributed by atoms with Crippen molar-refractivity contribution in [3.05, 3.63) is 83.7 Å². The molecule has 3 atom stereocenters. The molecule has 5 N–H and O–H groups in total. The Balaban J connectivity index is 1.40. The molecule has 1 aliphatic heterocycles. The van der Waals surface area contributed by atoms with Crippen molar-refractivity contribution in [2.45, 2.75) is 52.2 Å². The number of hydrogen-bond donors (Lipinski definition) is 4. The maximum atomic E-state index is 15.2. The van der Waals surface area contributed by atoms with E-state index in [1.54, 1.807) is 0 Å². The van der Waals surface area contributed by atoms with Gasteiger partial charge in [-0.1, -0.05) is 51.1 Å². The number of ether oxygens (including phenoxy) is 4. The molecule has 3 aromatic rings. The lowest BCUT2D eigenvalue weighted by Crippen LogP contribution is -2.46. The molecule has 0 bridgehead atoms. The van der Waals surface area contributed by atoms with Crippen LogP contribution in [-0.2, 0) is 39.9 Å². The third kappa shape index (κ3) is 16.2. The Morgan fingerprint density at radius 3 is 2.24 bits per heavy atom. The van der Waals surface area contributed by atoms with Crippen LogP contribution < -0.4 is 16.4 Å². The first kappa shape index (κ1) is 47.8. The highest BCUT2D eigenvalue weighted by Gasteiger charge is 2.39. The number of rotatable bonds is 27. The van der Waals surface area contributed by atoms with Gasteiger partial charge in [0.1, 0.15) is 17.7 Å². The minimum Gasteiger partial charge on any atom is -0.480 e. The molecule has 0 saturated carbocycles. The average Bonchev–Trinajstić information content (AvgIpc) is 3.87. The number of thioether (sulfide) groups is 1. The lowest BCUT2D eigenvalue weighted by Gasteiger charge is -2.42. The van der Waals surface area contributed by atoms with Crippen molar-refractivity contribution in [2.24, 2.45) is 17.1 Å². The number of nitrogens with one attached hydrogen (secondary N) is 2. The minimum atomic E-state index is -1.22. The van der Waals surface area contributed by atoms with Gasteiger partial charge in [-0.25, -0.2) is 13.6 Å². The van der Waals surface area contributed by atoms with Crippen molar-refractivity contribution in [3.8, 4) is 11.1 Å². The van der Waals surface area contributed by atoms with E-state index in [1.807, 2.05) is 72.8 Å². The van der Waals surface area contributed by atoms with Gasteiger partial charge in [0.2, 0.25) is 11.8 Å². The molecule has 59 heavy (non-hydrogen) atoms. The van der Waals surface area contributed by atoms with Crippen LogP contribution in [0.1, 0.15) is 50.9 Å². The van der Waals surface area contributed by atoms with Gasteiger partial charge in [0.25, 0.3) is 0 Å². The predicted molar refractivity (Wildman–Crippen MR) is 224 cm³/mol. The van der Waals surface area contributed by atoms with Crippen LogP contribution in [0.4, 0.5) is 8.78 Å². The summed E-state index contributed by atoms with van der Waals surface area (Å²) in [6, 6.07) is 13.3. The summed E-state index contributed by atoms with van der Waals surface area (Å²) < 4.78 is 53.2. The molecular formula is C43H61F2N5O8S. The molecule has 1 aromatic heterocycles. The van der Waals surface area contributed by atoms with Crippen molar-refractivity contribution in [3.63, 3.8) is 0 Å². The van der Waals surface area contributed by atoms with E-state index in [4.69, 9.17) is 24.7 Å². The standard InChI is InChI=1S/C43H61F2N5O8S/c1-43(2,3)41(38-23-33(35-24-34(44)9-10-36(35)45)28-49(38)26-31-7-5-4-6-8-31)50(27-32-11-14-47-25-32)40(52)30-59-29-37(42(53)54)48-39(51)12-15-55-17-19-57-21-22-58-20-18-56-16-13-46/h4-10,23-24,28,32,37,41,47H,11-22,25-27,29-30,46H2,1-3H3,(H,48,51)(H,53,54). The second kappa shape index (κ2) is 25.0. The van der Waals surface area contributed by atoms with Crippen LogP contribution in [0.5, 0.6) is 0 Å². The smallest absolute Gasteiger partial charge is 0.327 e. The minimum absolute atomic E-state index is 0.0326. The van der Waals surface area contributed by atoms with Crippen molar-refractivity contribution in [1.29, 1.82) is 0 Å². The second-order valence-corrected chi connectivity index (χ2v) is 16.6. The van der Waals surface area contributed by atoms with Crippen LogP contribution in [0.15, 0.2) is 60.8 Å². The third-order valence-corrected chi connectivity index (χ3v) is 10.7. The van der Waals surface area contributed by atoms with Gasteiger partial charge in [-0.15, -0.1) is 11.8 Å². The van der Waals surface area contributed by atoms with Crippen molar-refractivity contribution >= 4 is 29.5 Å². The number of carboxylic acid groups (broad SMARTS) is 1. The fourth-order valence-corrected chi connectivity index (χ4v) is 7.83. The Kier molecular flexibility index (Phi) is 20.3. The number of carbonyl (C=O) groups excluding carboxylic acids is 2.